The van der Waals surface area contributed by atoms with E-state index in [4.69, 9.17) is 18.0 Å². The van der Waals surface area contributed by atoms with Crippen molar-refractivity contribution in [3.63, 3.8) is 0 Å². The molecule has 2 aliphatic rings. The number of terminal acetylenes is 1. The van der Waals surface area contributed by atoms with Crippen molar-refractivity contribution in [2.24, 2.45) is 11.8 Å². The van der Waals surface area contributed by atoms with Crippen molar-refractivity contribution in [2.45, 2.75) is 31.7 Å². The van der Waals surface area contributed by atoms with Crippen LogP contribution in [0.15, 0.2) is 66.1 Å². The standard InChI is InChI=1S/C28H27ClN6O2/c1-2-4-20(29)5-3-11-31-27(36)23-14-24(23)28(37)34-25-13-21(10-12-30-25)32-15-22-17-35-16-19(18-6-7-18)8-9-26(35)33-22/h1,3-5,8-10,12-13,16-18,23-24H,6-7,11,14-15H2,(H,31,36)(H2,30,32,34,37)/b5-3-,20-4+/t23-,24+/m0/s1. The first-order valence-corrected chi connectivity index (χ1v) is 12.6. The largest absolute Gasteiger partial charge is 0.379 e. The summed E-state index contributed by atoms with van der Waals surface area (Å²) in [7, 11) is 0. The highest BCUT2D eigenvalue weighted by atomic mass is 35.5. The molecule has 3 aromatic rings. The molecule has 0 unspecified atom stereocenters. The third-order valence-electron chi connectivity index (χ3n) is 6.41. The van der Waals surface area contributed by atoms with Gasteiger partial charge in [0.1, 0.15) is 11.5 Å². The zero-order valence-electron chi connectivity index (χ0n) is 20.2. The predicted octanol–water partition coefficient (Wildman–Crippen LogP) is 4.22. The van der Waals surface area contributed by atoms with E-state index in [2.05, 4.69) is 54.6 Å². The third-order valence-corrected chi connectivity index (χ3v) is 6.65. The molecular weight excluding hydrogens is 488 g/mol. The highest BCUT2D eigenvalue weighted by Crippen LogP contribution is 2.40. The van der Waals surface area contributed by atoms with Crippen LogP contribution in [0.2, 0.25) is 0 Å². The van der Waals surface area contributed by atoms with Gasteiger partial charge < -0.3 is 20.4 Å². The number of nitrogens with one attached hydrogen (secondary N) is 3. The maximum absolute atomic E-state index is 12.6. The molecule has 2 aliphatic carbocycles. The number of halogens is 1. The Bertz CT molecular complexity index is 1430. The lowest BCUT2D eigenvalue weighted by molar-refractivity contribution is -0.125. The minimum absolute atomic E-state index is 0.165. The van der Waals surface area contributed by atoms with Crippen molar-refractivity contribution in [3.8, 4) is 12.3 Å². The van der Waals surface area contributed by atoms with Crippen LogP contribution in [0, 0.1) is 24.2 Å². The number of carbonyl (C=O) groups excluding carboxylic acids is 2. The molecule has 2 atom stereocenters. The molecule has 2 saturated carbocycles. The lowest BCUT2D eigenvalue weighted by atomic mass is 10.2. The van der Waals surface area contributed by atoms with Crippen molar-refractivity contribution in [3.05, 3.63) is 77.4 Å². The van der Waals surface area contributed by atoms with Crippen LogP contribution in [0.3, 0.4) is 0 Å². The van der Waals surface area contributed by atoms with Crippen molar-refractivity contribution in [1.82, 2.24) is 19.7 Å². The molecule has 0 radical (unpaired) electrons. The van der Waals surface area contributed by atoms with Crippen LogP contribution in [0.25, 0.3) is 5.65 Å². The molecule has 0 aromatic carbocycles. The van der Waals surface area contributed by atoms with Crippen LogP contribution in [-0.2, 0) is 16.1 Å². The van der Waals surface area contributed by atoms with E-state index >= 15 is 0 Å². The number of pyridine rings is 2. The molecule has 0 saturated heterocycles. The molecule has 2 amide bonds. The Morgan fingerprint density at radius 3 is 2.84 bits per heavy atom. The maximum atomic E-state index is 12.6. The van der Waals surface area contributed by atoms with Crippen LogP contribution in [0.5, 0.6) is 0 Å². The number of aromatic nitrogens is 3. The molecular formula is C28H27ClN6O2. The van der Waals surface area contributed by atoms with E-state index in [0.717, 1.165) is 17.0 Å². The van der Waals surface area contributed by atoms with Crippen molar-refractivity contribution < 1.29 is 9.59 Å². The Kier molecular flexibility index (Phi) is 7.24. The van der Waals surface area contributed by atoms with Gasteiger partial charge in [0.25, 0.3) is 0 Å². The summed E-state index contributed by atoms with van der Waals surface area (Å²) in [6.45, 7) is 0.850. The normalized spacial score (nSPS) is 19.0. The molecule has 0 spiro atoms. The number of hydrogen-bond acceptors (Lipinski definition) is 5. The molecule has 8 nitrogen and oxygen atoms in total. The highest BCUT2D eigenvalue weighted by molar-refractivity contribution is 6.31. The molecule has 3 heterocycles. The van der Waals surface area contributed by atoms with Crippen molar-refractivity contribution in [1.29, 1.82) is 0 Å². The number of rotatable bonds is 10. The lowest BCUT2D eigenvalue weighted by Gasteiger charge is -2.08. The molecule has 3 aromatic heterocycles. The van der Waals surface area contributed by atoms with E-state index < -0.39 is 0 Å². The second-order valence-electron chi connectivity index (χ2n) is 9.30. The number of hydrogen-bond donors (Lipinski definition) is 3. The molecule has 3 N–H and O–H groups in total. The van der Waals surface area contributed by atoms with Crippen LogP contribution >= 0.6 is 11.6 Å². The molecule has 188 valence electrons. The van der Waals surface area contributed by atoms with Crippen molar-refractivity contribution in [2.75, 3.05) is 17.2 Å². The quantitative estimate of drug-likeness (QED) is 0.278. The van der Waals surface area contributed by atoms with Gasteiger partial charge in [-0.05, 0) is 49.0 Å². The van der Waals surface area contributed by atoms with Crippen LogP contribution < -0.4 is 16.0 Å². The van der Waals surface area contributed by atoms with Gasteiger partial charge in [0, 0.05) is 48.0 Å². The zero-order valence-corrected chi connectivity index (χ0v) is 20.9. The number of allylic oxidation sites excluding steroid dienone is 3. The summed E-state index contributed by atoms with van der Waals surface area (Å²) >= 11 is 5.86. The van der Waals surface area contributed by atoms with Gasteiger partial charge in [0.05, 0.1) is 24.1 Å². The SMILES string of the molecule is C#C/C=C(Cl)\C=C/CNC(=O)[C@H]1C[C@H]1C(=O)Nc1cc(NCc2cn3cc(C4CC4)ccc3n2)ccn1. The fourth-order valence-corrected chi connectivity index (χ4v) is 4.34. The third kappa shape index (κ3) is 6.38. The number of fused-ring (bicyclic) bond motifs is 1. The predicted molar refractivity (Wildman–Crippen MR) is 144 cm³/mol. The number of nitrogens with zero attached hydrogens (tertiary/aromatic N) is 3. The van der Waals surface area contributed by atoms with E-state index in [1.165, 1.54) is 24.5 Å². The monoisotopic (exact) mass is 514 g/mol. The second kappa shape index (κ2) is 10.9. The van der Waals surface area contributed by atoms with E-state index in [0.29, 0.717) is 36.3 Å². The first-order chi connectivity index (χ1) is 18.0. The van der Waals surface area contributed by atoms with E-state index in [-0.39, 0.29) is 23.7 Å². The summed E-state index contributed by atoms with van der Waals surface area (Å²) in [6.07, 6.45) is 18.8. The van der Waals surface area contributed by atoms with Gasteiger partial charge in [-0.3, -0.25) is 9.59 Å². The average Bonchev–Trinajstić information content (AvgIpc) is 3.81. The smallest absolute Gasteiger partial charge is 0.229 e. The lowest BCUT2D eigenvalue weighted by Crippen LogP contribution is -2.27. The van der Waals surface area contributed by atoms with E-state index in [1.807, 2.05) is 12.3 Å². The molecule has 5 rings (SSSR count). The van der Waals surface area contributed by atoms with E-state index in [1.54, 1.807) is 24.4 Å². The number of carbonyl (C=O) groups is 2. The number of imidazole rings is 1. The molecule has 9 heteroatoms. The number of amides is 2. The van der Waals surface area contributed by atoms with Gasteiger partial charge in [-0.25, -0.2) is 9.97 Å². The Morgan fingerprint density at radius 2 is 2.03 bits per heavy atom. The minimum atomic E-state index is -0.370. The first-order valence-electron chi connectivity index (χ1n) is 12.2. The summed E-state index contributed by atoms with van der Waals surface area (Å²) < 4.78 is 2.08. The Balaban J connectivity index is 1.10. The first kappa shape index (κ1) is 24.6. The van der Waals surface area contributed by atoms with Gasteiger partial charge in [-0.2, -0.15) is 0 Å². The van der Waals surface area contributed by atoms with Crippen molar-refractivity contribution >= 4 is 40.6 Å². The highest BCUT2D eigenvalue weighted by Gasteiger charge is 2.47. The van der Waals surface area contributed by atoms with Gasteiger partial charge in [0.2, 0.25) is 11.8 Å². The summed E-state index contributed by atoms with van der Waals surface area (Å²) in [6, 6.07) is 7.83. The Morgan fingerprint density at radius 1 is 1.19 bits per heavy atom. The summed E-state index contributed by atoms with van der Waals surface area (Å²) in [4.78, 5) is 33.8. The fourth-order valence-electron chi connectivity index (χ4n) is 4.19. The summed E-state index contributed by atoms with van der Waals surface area (Å²) in [5, 5.41) is 9.34. The Hall–Kier alpha value is -4.09. The molecule has 0 bridgehead atoms. The fraction of sp³-hybridized carbons (Fsp3) is 0.286. The molecule has 2 fully saturated rings. The summed E-state index contributed by atoms with van der Waals surface area (Å²) in [5.74, 6) is 2.36. The van der Waals surface area contributed by atoms with E-state index in [9.17, 15) is 9.59 Å². The zero-order chi connectivity index (χ0) is 25.8. The van der Waals surface area contributed by atoms with Gasteiger partial charge in [-0.1, -0.05) is 29.7 Å². The van der Waals surface area contributed by atoms with Crippen LogP contribution in [-0.4, -0.2) is 32.7 Å². The molecule has 0 aliphatic heterocycles. The van der Waals surface area contributed by atoms with Gasteiger partial charge in [0.15, 0.2) is 0 Å². The number of anilines is 2. The maximum Gasteiger partial charge on any atom is 0.229 e. The topological polar surface area (TPSA) is 100 Å². The van der Waals surface area contributed by atoms with Gasteiger partial charge >= 0.3 is 0 Å². The average molecular weight is 515 g/mol. The second-order valence-corrected chi connectivity index (χ2v) is 9.74. The van der Waals surface area contributed by atoms with Gasteiger partial charge in [-0.15, -0.1) is 6.42 Å². The Labute approximate surface area is 220 Å². The minimum Gasteiger partial charge on any atom is -0.379 e. The summed E-state index contributed by atoms with van der Waals surface area (Å²) in [5.41, 5.74) is 4.03. The van der Waals surface area contributed by atoms with Crippen LogP contribution in [0.1, 0.15) is 36.4 Å². The molecule has 37 heavy (non-hydrogen) atoms. The van der Waals surface area contributed by atoms with Crippen LogP contribution in [0.4, 0.5) is 11.5 Å².